The quantitative estimate of drug-likeness (QED) is 0.500. The Labute approximate surface area is 153 Å². The van der Waals surface area contributed by atoms with E-state index in [-0.39, 0.29) is 11.8 Å². The van der Waals surface area contributed by atoms with Gasteiger partial charge in [-0.1, -0.05) is 48.0 Å². The molecule has 0 aliphatic rings. The molecule has 134 valence electrons. The van der Waals surface area contributed by atoms with Gasteiger partial charge in [0.05, 0.1) is 0 Å². The van der Waals surface area contributed by atoms with Crippen molar-refractivity contribution in [2.24, 2.45) is 0 Å². The van der Waals surface area contributed by atoms with Crippen LogP contribution in [0.4, 0.5) is 0 Å². The lowest BCUT2D eigenvalue weighted by Crippen LogP contribution is -2.24. The Balaban J connectivity index is 1.49. The lowest BCUT2D eigenvalue weighted by molar-refractivity contribution is -0.146. The van der Waals surface area contributed by atoms with Crippen LogP contribution in [-0.2, 0) is 16.0 Å². The van der Waals surface area contributed by atoms with E-state index in [9.17, 15) is 9.59 Å². The third kappa shape index (κ3) is 4.20. The van der Waals surface area contributed by atoms with Crippen molar-refractivity contribution >= 4 is 22.7 Å². The molecule has 0 fully saturated rings. The van der Waals surface area contributed by atoms with Crippen LogP contribution in [0.2, 0.25) is 0 Å². The molecule has 0 saturated heterocycles. The number of Topliss-reactive ketones (excluding diaryl/α,β-unsaturated/α-hetero) is 1. The summed E-state index contributed by atoms with van der Waals surface area (Å²) in [5, 5.41) is 1.18. The molecular formula is C22H23NO3. The van der Waals surface area contributed by atoms with Crippen LogP contribution in [0.3, 0.4) is 0 Å². The normalized spacial score (nSPS) is 12.1. The zero-order valence-corrected chi connectivity index (χ0v) is 15.1. The summed E-state index contributed by atoms with van der Waals surface area (Å²) in [6.07, 6.45) is 2.99. The average Bonchev–Trinajstić information content (AvgIpc) is 3.05. The topological polar surface area (TPSA) is 59.2 Å². The van der Waals surface area contributed by atoms with E-state index in [1.54, 1.807) is 19.1 Å². The van der Waals surface area contributed by atoms with Gasteiger partial charge in [-0.25, -0.2) is 0 Å². The third-order valence-electron chi connectivity index (χ3n) is 4.52. The highest BCUT2D eigenvalue weighted by Crippen LogP contribution is 2.19. The fourth-order valence-electron chi connectivity index (χ4n) is 3.02. The predicted octanol–water partition coefficient (Wildman–Crippen LogP) is 4.61. The SMILES string of the molecule is Cc1ccc(C(=O)[C@@H](C)OC(=O)CCCc2c[nH]c3ccccc23)cc1. The molecule has 0 bridgehead atoms. The predicted molar refractivity (Wildman–Crippen MR) is 102 cm³/mol. The molecule has 4 heteroatoms. The number of hydrogen-bond donors (Lipinski definition) is 1. The van der Waals surface area contributed by atoms with E-state index < -0.39 is 6.10 Å². The molecule has 2 aromatic carbocycles. The van der Waals surface area contributed by atoms with Crippen molar-refractivity contribution < 1.29 is 14.3 Å². The fraction of sp³-hybridized carbons (Fsp3) is 0.273. The first-order chi connectivity index (χ1) is 12.5. The number of nitrogens with one attached hydrogen (secondary N) is 1. The molecule has 0 unspecified atom stereocenters. The molecule has 1 aromatic heterocycles. The van der Waals surface area contributed by atoms with Gasteiger partial charge in [0.2, 0.25) is 5.78 Å². The number of hydrogen-bond acceptors (Lipinski definition) is 3. The molecule has 0 radical (unpaired) electrons. The van der Waals surface area contributed by atoms with Crippen molar-refractivity contribution in [2.45, 2.75) is 39.2 Å². The highest BCUT2D eigenvalue weighted by molar-refractivity contribution is 6.00. The second kappa shape index (κ2) is 8.00. The van der Waals surface area contributed by atoms with Gasteiger partial charge in [-0.15, -0.1) is 0 Å². The lowest BCUT2D eigenvalue weighted by Gasteiger charge is -2.12. The van der Waals surface area contributed by atoms with Crippen LogP contribution in [0.25, 0.3) is 10.9 Å². The molecule has 1 N–H and O–H groups in total. The van der Waals surface area contributed by atoms with Crippen LogP contribution in [0.5, 0.6) is 0 Å². The maximum atomic E-state index is 12.3. The van der Waals surface area contributed by atoms with Crippen LogP contribution in [-0.4, -0.2) is 22.8 Å². The van der Waals surface area contributed by atoms with Gasteiger partial charge in [-0.3, -0.25) is 9.59 Å². The summed E-state index contributed by atoms with van der Waals surface area (Å²) >= 11 is 0. The van der Waals surface area contributed by atoms with Crippen LogP contribution in [0, 0.1) is 6.92 Å². The summed E-state index contributed by atoms with van der Waals surface area (Å²) < 4.78 is 5.31. The van der Waals surface area contributed by atoms with Crippen LogP contribution < -0.4 is 0 Å². The first-order valence-electron chi connectivity index (χ1n) is 8.90. The van der Waals surface area contributed by atoms with Crippen molar-refractivity contribution in [2.75, 3.05) is 0 Å². The van der Waals surface area contributed by atoms with Gasteiger partial charge in [0.25, 0.3) is 0 Å². The Kier molecular flexibility index (Phi) is 5.52. The highest BCUT2D eigenvalue weighted by Gasteiger charge is 2.19. The van der Waals surface area contributed by atoms with Gasteiger partial charge in [0.15, 0.2) is 6.10 Å². The molecule has 0 aliphatic heterocycles. The van der Waals surface area contributed by atoms with E-state index >= 15 is 0 Å². The van der Waals surface area contributed by atoms with Gasteiger partial charge in [0, 0.05) is 29.1 Å². The van der Waals surface area contributed by atoms with Crippen LogP contribution in [0.1, 0.15) is 41.3 Å². The minimum Gasteiger partial charge on any atom is -0.454 e. The minimum atomic E-state index is -0.765. The molecule has 3 rings (SSSR count). The summed E-state index contributed by atoms with van der Waals surface area (Å²) in [4.78, 5) is 27.6. The molecule has 1 atom stereocenters. The Bertz CT molecular complexity index is 909. The lowest BCUT2D eigenvalue weighted by atomic mass is 10.1. The largest absolute Gasteiger partial charge is 0.454 e. The third-order valence-corrected chi connectivity index (χ3v) is 4.52. The number of aromatic amines is 1. The number of esters is 1. The van der Waals surface area contributed by atoms with Gasteiger partial charge >= 0.3 is 5.97 Å². The summed E-state index contributed by atoms with van der Waals surface area (Å²) in [5.74, 6) is -0.507. The summed E-state index contributed by atoms with van der Waals surface area (Å²) in [7, 11) is 0. The number of aryl methyl sites for hydroxylation is 2. The summed E-state index contributed by atoms with van der Waals surface area (Å²) in [6, 6.07) is 15.4. The molecule has 3 aromatic rings. The molecule has 0 spiro atoms. The number of carbonyl (C=O) groups excluding carboxylic acids is 2. The number of rotatable bonds is 7. The number of carbonyl (C=O) groups is 2. The summed E-state index contributed by atoms with van der Waals surface area (Å²) in [5.41, 5.74) is 3.94. The maximum absolute atomic E-state index is 12.3. The first-order valence-corrected chi connectivity index (χ1v) is 8.90. The number of aromatic nitrogens is 1. The van der Waals surface area contributed by atoms with Crippen molar-refractivity contribution in [1.82, 2.24) is 4.98 Å². The second-order valence-electron chi connectivity index (χ2n) is 6.58. The zero-order chi connectivity index (χ0) is 18.5. The van der Waals surface area contributed by atoms with E-state index in [0.717, 1.165) is 17.5 Å². The number of ketones is 1. The van der Waals surface area contributed by atoms with E-state index in [1.807, 2.05) is 43.5 Å². The minimum absolute atomic E-state index is 0.171. The number of benzene rings is 2. The molecule has 0 saturated carbocycles. The van der Waals surface area contributed by atoms with Crippen molar-refractivity contribution in [3.05, 3.63) is 71.4 Å². The smallest absolute Gasteiger partial charge is 0.306 e. The zero-order valence-electron chi connectivity index (χ0n) is 15.1. The molecule has 4 nitrogen and oxygen atoms in total. The Morgan fingerprint density at radius 3 is 2.58 bits per heavy atom. The van der Waals surface area contributed by atoms with Gasteiger partial charge in [-0.2, -0.15) is 0 Å². The maximum Gasteiger partial charge on any atom is 0.306 e. The fourth-order valence-corrected chi connectivity index (χ4v) is 3.02. The van der Waals surface area contributed by atoms with Gasteiger partial charge < -0.3 is 9.72 Å². The molecule has 26 heavy (non-hydrogen) atoms. The van der Waals surface area contributed by atoms with Crippen LogP contribution >= 0.6 is 0 Å². The summed E-state index contributed by atoms with van der Waals surface area (Å²) in [6.45, 7) is 3.59. The molecule has 0 amide bonds. The molecular weight excluding hydrogens is 326 g/mol. The number of ether oxygens (including phenoxy) is 1. The number of para-hydroxylation sites is 1. The van der Waals surface area contributed by atoms with Crippen molar-refractivity contribution in [3.8, 4) is 0 Å². The van der Waals surface area contributed by atoms with Crippen molar-refractivity contribution in [3.63, 3.8) is 0 Å². The van der Waals surface area contributed by atoms with Gasteiger partial charge in [-0.05, 0) is 38.3 Å². The Hall–Kier alpha value is -2.88. The van der Waals surface area contributed by atoms with Gasteiger partial charge in [0.1, 0.15) is 0 Å². The average molecular weight is 349 g/mol. The number of H-pyrrole nitrogens is 1. The highest BCUT2D eigenvalue weighted by atomic mass is 16.5. The van der Waals surface area contributed by atoms with Crippen molar-refractivity contribution in [1.29, 1.82) is 0 Å². The molecule has 0 aliphatic carbocycles. The Morgan fingerprint density at radius 1 is 1.08 bits per heavy atom. The number of fused-ring (bicyclic) bond motifs is 1. The first kappa shape index (κ1) is 17.9. The van der Waals surface area contributed by atoms with E-state index in [2.05, 4.69) is 11.1 Å². The Morgan fingerprint density at radius 2 is 1.81 bits per heavy atom. The standard InChI is InChI=1S/C22H23NO3/c1-15-10-12-17(13-11-15)22(25)16(2)26-21(24)9-5-6-18-14-23-20-8-4-3-7-19(18)20/h3-4,7-8,10-14,16,23H,5-6,9H2,1-2H3/t16-/m1/s1. The van der Waals surface area contributed by atoms with E-state index in [1.165, 1.54) is 10.9 Å². The molecule has 1 heterocycles. The van der Waals surface area contributed by atoms with Crippen LogP contribution in [0.15, 0.2) is 54.7 Å². The second-order valence-corrected chi connectivity index (χ2v) is 6.58. The van der Waals surface area contributed by atoms with E-state index in [0.29, 0.717) is 18.4 Å². The monoisotopic (exact) mass is 349 g/mol. The van der Waals surface area contributed by atoms with E-state index in [4.69, 9.17) is 4.74 Å².